The Bertz CT molecular complexity index is 558. The molecular weight excluding hydrogens is 308 g/mol. The SMILES string of the molecule is CN(CCc1cccs1)c1cccc(Br)c1C#N. The van der Waals surface area contributed by atoms with Crippen LogP contribution in [0.5, 0.6) is 0 Å². The van der Waals surface area contributed by atoms with E-state index in [0.717, 1.165) is 23.1 Å². The summed E-state index contributed by atoms with van der Waals surface area (Å²) in [6, 6.07) is 12.3. The van der Waals surface area contributed by atoms with Gasteiger partial charge in [0.25, 0.3) is 0 Å². The number of nitrogens with zero attached hydrogens (tertiary/aromatic N) is 2. The van der Waals surface area contributed by atoms with Gasteiger partial charge in [-0.2, -0.15) is 5.26 Å². The van der Waals surface area contributed by atoms with E-state index in [4.69, 9.17) is 0 Å². The molecule has 0 saturated heterocycles. The Balaban J connectivity index is 2.12. The molecule has 4 heteroatoms. The van der Waals surface area contributed by atoms with E-state index in [1.165, 1.54) is 4.88 Å². The van der Waals surface area contributed by atoms with Gasteiger partial charge < -0.3 is 4.90 Å². The predicted octanol–water partition coefficient (Wildman–Crippen LogP) is 4.06. The number of nitriles is 1. The average Bonchev–Trinajstić information content (AvgIpc) is 2.88. The summed E-state index contributed by atoms with van der Waals surface area (Å²) in [5.41, 5.74) is 1.68. The third kappa shape index (κ3) is 2.92. The smallest absolute Gasteiger partial charge is 0.103 e. The third-order valence-corrected chi connectivity index (χ3v) is 4.39. The zero-order chi connectivity index (χ0) is 13.0. The Kier molecular flexibility index (Phi) is 4.40. The van der Waals surface area contributed by atoms with Gasteiger partial charge in [-0.15, -0.1) is 11.3 Å². The van der Waals surface area contributed by atoms with E-state index in [-0.39, 0.29) is 0 Å². The Morgan fingerprint density at radius 2 is 2.17 bits per heavy atom. The van der Waals surface area contributed by atoms with E-state index in [2.05, 4.69) is 44.4 Å². The van der Waals surface area contributed by atoms with Crippen LogP contribution in [0.25, 0.3) is 0 Å². The van der Waals surface area contributed by atoms with E-state index in [1.807, 2.05) is 25.2 Å². The molecule has 2 rings (SSSR count). The molecule has 0 radical (unpaired) electrons. The molecule has 0 aliphatic carbocycles. The normalized spacial score (nSPS) is 10.1. The summed E-state index contributed by atoms with van der Waals surface area (Å²) in [5.74, 6) is 0. The van der Waals surface area contributed by atoms with Gasteiger partial charge in [-0.25, -0.2) is 0 Å². The fourth-order valence-electron chi connectivity index (χ4n) is 1.79. The van der Waals surface area contributed by atoms with Crippen LogP contribution in [0.3, 0.4) is 0 Å². The summed E-state index contributed by atoms with van der Waals surface area (Å²) in [6.07, 6.45) is 1.01. The first-order valence-corrected chi connectivity index (χ1v) is 7.32. The summed E-state index contributed by atoms with van der Waals surface area (Å²) in [5, 5.41) is 11.3. The molecule has 92 valence electrons. The lowest BCUT2D eigenvalue weighted by atomic mass is 10.1. The lowest BCUT2D eigenvalue weighted by molar-refractivity contribution is 0.885. The Morgan fingerprint density at radius 3 is 2.83 bits per heavy atom. The number of likely N-dealkylation sites (N-methyl/N-ethyl adjacent to an activating group) is 1. The number of hydrogen-bond donors (Lipinski definition) is 0. The first-order valence-electron chi connectivity index (χ1n) is 5.64. The molecule has 0 unspecified atom stereocenters. The highest BCUT2D eigenvalue weighted by atomic mass is 79.9. The number of halogens is 1. The first-order chi connectivity index (χ1) is 8.72. The molecule has 2 aromatic rings. The number of benzene rings is 1. The van der Waals surface area contributed by atoms with Gasteiger partial charge in [0.15, 0.2) is 0 Å². The van der Waals surface area contributed by atoms with Crippen molar-refractivity contribution in [3.63, 3.8) is 0 Å². The second kappa shape index (κ2) is 6.03. The van der Waals surface area contributed by atoms with Crippen LogP contribution in [0.2, 0.25) is 0 Å². The van der Waals surface area contributed by atoms with Gasteiger partial charge in [0, 0.05) is 22.9 Å². The number of hydrogen-bond acceptors (Lipinski definition) is 3. The fourth-order valence-corrected chi connectivity index (χ4v) is 2.94. The maximum Gasteiger partial charge on any atom is 0.103 e. The van der Waals surface area contributed by atoms with Gasteiger partial charge in [0.2, 0.25) is 0 Å². The van der Waals surface area contributed by atoms with Crippen molar-refractivity contribution in [2.45, 2.75) is 6.42 Å². The van der Waals surface area contributed by atoms with E-state index in [9.17, 15) is 5.26 Å². The molecule has 1 aromatic carbocycles. The average molecular weight is 321 g/mol. The lowest BCUT2D eigenvalue weighted by Gasteiger charge is -2.20. The number of thiophene rings is 1. The van der Waals surface area contributed by atoms with Crippen LogP contribution >= 0.6 is 27.3 Å². The van der Waals surface area contributed by atoms with Crippen molar-refractivity contribution in [1.29, 1.82) is 5.26 Å². The molecule has 0 fully saturated rings. The fraction of sp³-hybridized carbons (Fsp3) is 0.214. The van der Waals surface area contributed by atoms with Gasteiger partial charge in [-0.3, -0.25) is 0 Å². The van der Waals surface area contributed by atoms with Crippen LogP contribution in [0.1, 0.15) is 10.4 Å². The van der Waals surface area contributed by atoms with Crippen molar-refractivity contribution in [2.24, 2.45) is 0 Å². The molecule has 0 N–H and O–H groups in total. The molecule has 1 aromatic heterocycles. The molecule has 18 heavy (non-hydrogen) atoms. The number of anilines is 1. The van der Waals surface area contributed by atoms with Gasteiger partial charge in [-0.1, -0.05) is 12.1 Å². The largest absolute Gasteiger partial charge is 0.373 e. The third-order valence-electron chi connectivity index (χ3n) is 2.79. The summed E-state index contributed by atoms with van der Waals surface area (Å²) in [6.45, 7) is 0.908. The van der Waals surface area contributed by atoms with E-state index in [1.54, 1.807) is 11.3 Å². The standard InChI is InChI=1S/C14H13BrN2S/c1-17(8-7-11-4-3-9-18-11)14-6-2-5-13(15)12(14)10-16/h2-6,9H,7-8H2,1H3. The molecule has 1 heterocycles. The van der Waals surface area contributed by atoms with Crippen LogP contribution in [0.4, 0.5) is 5.69 Å². The minimum atomic E-state index is 0.700. The molecule has 0 atom stereocenters. The molecule has 0 aliphatic heterocycles. The van der Waals surface area contributed by atoms with Crippen LogP contribution in [-0.4, -0.2) is 13.6 Å². The molecule has 0 amide bonds. The van der Waals surface area contributed by atoms with Gasteiger partial charge in [0.05, 0.1) is 11.3 Å². The molecule has 2 nitrogen and oxygen atoms in total. The van der Waals surface area contributed by atoms with Crippen molar-refractivity contribution >= 4 is 33.0 Å². The van der Waals surface area contributed by atoms with Crippen LogP contribution in [0.15, 0.2) is 40.2 Å². The van der Waals surface area contributed by atoms with Crippen molar-refractivity contribution in [1.82, 2.24) is 0 Å². The van der Waals surface area contributed by atoms with E-state index in [0.29, 0.717) is 5.56 Å². The van der Waals surface area contributed by atoms with Crippen molar-refractivity contribution in [3.8, 4) is 6.07 Å². The zero-order valence-corrected chi connectivity index (χ0v) is 12.5. The van der Waals surface area contributed by atoms with Crippen molar-refractivity contribution in [2.75, 3.05) is 18.5 Å². The Hall–Kier alpha value is -1.31. The Labute approximate surface area is 120 Å². The topological polar surface area (TPSA) is 27.0 Å². The second-order valence-corrected chi connectivity index (χ2v) is 5.88. The van der Waals surface area contributed by atoms with Crippen LogP contribution in [-0.2, 0) is 6.42 Å². The van der Waals surface area contributed by atoms with Crippen LogP contribution in [0, 0.1) is 11.3 Å². The van der Waals surface area contributed by atoms with E-state index < -0.39 is 0 Å². The van der Waals surface area contributed by atoms with Gasteiger partial charge >= 0.3 is 0 Å². The first kappa shape index (κ1) is 13.1. The molecule has 0 spiro atoms. The second-order valence-electron chi connectivity index (χ2n) is 4.00. The Morgan fingerprint density at radius 1 is 1.33 bits per heavy atom. The highest BCUT2D eigenvalue weighted by Gasteiger charge is 2.10. The summed E-state index contributed by atoms with van der Waals surface area (Å²) in [4.78, 5) is 3.50. The monoisotopic (exact) mass is 320 g/mol. The summed E-state index contributed by atoms with van der Waals surface area (Å²) in [7, 11) is 2.02. The molecule has 0 bridgehead atoms. The quantitative estimate of drug-likeness (QED) is 0.849. The van der Waals surface area contributed by atoms with E-state index >= 15 is 0 Å². The molecule has 0 aliphatic rings. The van der Waals surface area contributed by atoms with Crippen molar-refractivity contribution in [3.05, 3.63) is 50.6 Å². The molecule has 0 saturated carbocycles. The minimum Gasteiger partial charge on any atom is -0.373 e. The summed E-state index contributed by atoms with van der Waals surface area (Å²) >= 11 is 5.19. The summed E-state index contributed by atoms with van der Waals surface area (Å²) < 4.78 is 0.852. The van der Waals surface area contributed by atoms with Gasteiger partial charge in [0.1, 0.15) is 6.07 Å². The zero-order valence-electron chi connectivity index (χ0n) is 10.1. The number of rotatable bonds is 4. The maximum atomic E-state index is 9.20. The van der Waals surface area contributed by atoms with Crippen LogP contribution < -0.4 is 4.90 Å². The maximum absolute atomic E-state index is 9.20. The van der Waals surface area contributed by atoms with Crippen molar-refractivity contribution < 1.29 is 0 Å². The predicted molar refractivity (Wildman–Crippen MR) is 80.2 cm³/mol. The lowest BCUT2D eigenvalue weighted by Crippen LogP contribution is -2.21. The highest BCUT2D eigenvalue weighted by molar-refractivity contribution is 9.10. The minimum absolute atomic E-state index is 0.700. The highest BCUT2D eigenvalue weighted by Crippen LogP contribution is 2.26. The molecular formula is C14H13BrN2S. The van der Waals surface area contributed by atoms with Gasteiger partial charge in [-0.05, 0) is 45.9 Å².